The van der Waals surface area contributed by atoms with Gasteiger partial charge < -0.3 is 0 Å². The van der Waals surface area contributed by atoms with Gasteiger partial charge in [0.05, 0.1) is 17.4 Å². The van der Waals surface area contributed by atoms with E-state index < -0.39 is 0 Å². The van der Waals surface area contributed by atoms with Gasteiger partial charge in [-0.3, -0.25) is 9.98 Å². The lowest BCUT2D eigenvalue weighted by atomic mass is 9.86. The molecule has 0 saturated carbocycles. The number of hydrogen-bond donors (Lipinski definition) is 0. The highest BCUT2D eigenvalue weighted by Gasteiger charge is 2.22. The van der Waals surface area contributed by atoms with Crippen LogP contribution in [0.1, 0.15) is 29.2 Å². The molecular formula is C48H34N2. The quantitative estimate of drug-likeness (QED) is 0.166. The standard InChI is InChI=1S/C48H34N2/c1-4-14-33(15-5-1)37-24-25-46(49-32-37)41-27-38(26-40(28-41)45-29-36-20-10-11-21-42(36)43-22-12-13-23-44(43)45)39-30-47(34-16-6-2-7-17-34)50-48(31-39)35-18-8-3-9-19-35/h1-30,32,48H,31H2. The summed E-state index contributed by atoms with van der Waals surface area (Å²) in [5.41, 5.74) is 12.5. The summed E-state index contributed by atoms with van der Waals surface area (Å²) < 4.78 is 0. The first-order valence-corrected chi connectivity index (χ1v) is 17.2. The van der Waals surface area contributed by atoms with E-state index in [4.69, 9.17) is 9.98 Å². The van der Waals surface area contributed by atoms with Crippen molar-refractivity contribution in [1.29, 1.82) is 0 Å². The summed E-state index contributed by atoms with van der Waals surface area (Å²) in [6.45, 7) is 0. The number of allylic oxidation sites excluding steroid dienone is 1. The van der Waals surface area contributed by atoms with Crippen LogP contribution in [0.25, 0.3) is 60.6 Å². The van der Waals surface area contributed by atoms with Crippen LogP contribution in [0, 0.1) is 0 Å². The van der Waals surface area contributed by atoms with E-state index in [9.17, 15) is 0 Å². The smallest absolute Gasteiger partial charge is 0.0796 e. The maximum Gasteiger partial charge on any atom is 0.0796 e. The van der Waals surface area contributed by atoms with E-state index in [1.165, 1.54) is 49.4 Å². The maximum absolute atomic E-state index is 5.30. The molecule has 9 rings (SSSR count). The highest BCUT2D eigenvalue weighted by molar-refractivity contribution is 6.15. The second-order valence-electron chi connectivity index (χ2n) is 13.0. The van der Waals surface area contributed by atoms with E-state index in [-0.39, 0.29) is 6.04 Å². The average molecular weight is 639 g/mol. The first-order chi connectivity index (χ1) is 24.8. The number of rotatable bonds is 6. The third-order valence-corrected chi connectivity index (χ3v) is 9.82. The minimum atomic E-state index is 0.0169. The first-order valence-electron chi connectivity index (χ1n) is 17.2. The lowest BCUT2D eigenvalue weighted by Crippen LogP contribution is -2.10. The Morgan fingerprint density at radius 2 is 1.06 bits per heavy atom. The Kier molecular flexibility index (Phi) is 7.68. The molecule has 8 aromatic rings. The summed E-state index contributed by atoms with van der Waals surface area (Å²) in [6, 6.07) is 62.9. The number of nitrogens with zero attached hydrogens (tertiary/aromatic N) is 2. The molecule has 1 aromatic heterocycles. The first kappa shape index (κ1) is 29.7. The van der Waals surface area contributed by atoms with Crippen molar-refractivity contribution in [2.24, 2.45) is 4.99 Å². The van der Waals surface area contributed by atoms with Crippen LogP contribution in [0.2, 0.25) is 0 Å². The van der Waals surface area contributed by atoms with Crippen LogP contribution in [0.15, 0.2) is 193 Å². The molecule has 1 aliphatic heterocycles. The molecule has 0 radical (unpaired) electrons. The molecule has 0 N–H and O–H groups in total. The molecule has 0 bridgehead atoms. The fraction of sp³-hybridized carbons (Fsp3) is 0.0417. The molecule has 236 valence electrons. The Morgan fingerprint density at radius 1 is 0.440 bits per heavy atom. The van der Waals surface area contributed by atoms with Crippen molar-refractivity contribution in [3.05, 3.63) is 205 Å². The van der Waals surface area contributed by atoms with Gasteiger partial charge in [-0.1, -0.05) is 146 Å². The van der Waals surface area contributed by atoms with Gasteiger partial charge in [-0.25, -0.2) is 0 Å². The van der Waals surface area contributed by atoms with Gasteiger partial charge in [-0.05, 0) is 103 Å². The third-order valence-electron chi connectivity index (χ3n) is 9.82. The zero-order valence-corrected chi connectivity index (χ0v) is 27.6. The molecule has 0 spiro atoms. The SMILES string of the molecule is C1=C(c2cc(-c3ccc(-c4ccccc4)cn3)cc(-c3cc4ccccc4c4ccccc34)c2)CC(c2ccccc2)N=C1c1ccccc1. The molecule has 0 amide bonds. The summed E-state index contributed by atoms with van der Waals surface area (Å²) in [7, 11) is 0. The van der Waals surface area contributed by atoms with Gasteiger partial charge in [0.15, 0.2) is 0 Å². The normalized spacial score (nSPS) is 14.4. The highest BCUT2D eigenvalue weighted by Crippen LogP contribution is 2.41. The van der Waals surface area contributed by atoms with Gasteiger partial charge in [0, 0.05) is 17.3 Å². The predicted octanol–water partition coefficient (Wildman–Crippen LogP) is 12.4. The van der Waals surface area contributed by atoms with Crippen LogP contribution in [-0.4, -0.2) is 10.7 Å². The van der Waals surface area contributed by atoms with E-state index in [2.05, 4.69) is 176 Å². The van der Waals surface area contributed by atoms with Crippen LogP contribution < -0.4 is 0 Å². The molecule has 1 atom stereocenters. The number of dihydropyridines is 1. The van der Waals surface area contributed by atoms with Crippen molar-refractivity contribution < 1.29 is 0 Å². The second kappa shape index (κ2) is 12.9. The molecule has 50 heavy (non-hydrogen) atoms. The Balaban J connectivity index is 1.24. The zero-order chi connectivity index (χ0) is 33.3. The summed E-state index contributed by atoms with van der Waals surface area (Å²) in [5.74, 6) is 0. The minimum absolute atomic E-state index is 0.0169. The summed E-state index contributed by atoms with van der Waals surface area (Å²) >= 11 is 0. The number of benzene rings is 7. The lowest BCUT2D eigenvalue weighted by Gasteiger charge is -2.23. The van der Waals surface area contributed by atoms with Gasteiger partial charge in [-0.15, -0.1) is 0 Å². The van der Waals surface area contributed by atoms with Crippen LogP contribution >= 0.6 is 0 Å². The maximum atomic E-state index is 5.30. The van der Waals surface area contributed by atoms with Crippen LogP contribution in [0.4, 0.5) is 0 Å². The zero-order valence-electron chi connectivity index (χ0n) is 27.6. The second-order valence-corrected chi connectivity index (χ2v) is 13.0. The molecule has 0 aliphatic carbocycles. The van der Waals surface area contributed by atoms with Crippen LogP contribution in [0.5, 0.6) is 0 Å². The Labute approximate surface area is 292 Å². The fourth-order valence-electron chi connectivity index (χ4n) is 7.29. The number of aliphatic imine (C=N–C) groups is 1. The van der Waals surface area contributed by atoms with Crippen LogP contribution in [0.3, 0.4) is 0 Å². The topological polar surface area (TPSA) is 25.2 Å². The van der Waals surface area contributed by atoms with E-state index in [0.29, 0.717) is 0 Å². The summed E-state index contributed by atoms with van der Waals surface area (Å²) in [6.07, 6.45) is 5.10. The Morgan fingerprint density at radius 3 is 1.80 bits per heavy atom. The minimum Gasteiger partial charge on any atom is -0.276 e. The Bertz CT molecular complexity index is 2530. The van der Waals surface area contributed by atoms with Gasteiger partial charge in [0.2, 0.25) is 0 Å². The number of fused-ring (bicyclic) bond motifs is 3. The number of hydrogen-bond acceptors (Lipinski definition) is 2. The van der Waals surface area contributed by atoms with Gasteiger partial charge in [0.25, 0.3) is 0 Å². The highest BCUT2D eigenvalue weighted by atomic mass is 14.8. The van der Waals surface area contributed by atoms with Crippen molar-refractivity contribution in [2.75, 3.05) is 0 Å². The van der Waals surface area contributed by atoms with E-state index >= 15 is 0 Å². The van der Waals surface area contributed by atoms with Crippen molar-refractivity contribution in [2.45, 2.75) is 12.5 Å². The molecule has 2 heterocycles. The van der Waals surface area contributed by atoms with Crippen molar-refractivity contribution >= 4 is 32.8 Å². The lowest BCUT2D eigenvalue weighted by molar-refractivity contribution is 0.748. The molecule has 7 aromatic carbocycles. The average Bonchev–Trinajstić information content (AvgIpc) is 3.21. The van der Waals surface area contributed by atoms with E-state index in [1.54, 1.807) is 0 Å². The largest absolute Gasteiger partial charge is 0.276 e. The van der Waals surface area contributed by atoms with Crippen molar-refractivity contribution in [3.8, 4) is 33.5 Å². The fourth-order valence-corrected chi connectivity index (χ4v) is 7.29. The molecular weight excluding hydrogens is 605 g/mol. The van der Waals surface area contributed by atoms with Gasteiger partial charge in [-0.2, -0.15) is 0 Å². The number of aromatic nitrogens is 1. The van der Waals surface area contributed by atoms with Crippen molar-refractivity contribution in [3.63, 3.8) is 0 Å². The summed E-state index contributed by atoms with van der Waals surface area (Å²) in [5, 5.41) is 5.01. The molecule has 2 nitrogen and oxygen atoms in total. The molecule has 1 unspecified atom stereocenters. The summed E-state index contributed by atoms with van der Waals surface area (Å²) in [4.78, 5) is 10.3. The van der Waals surface area contributed by atoms with Gasteiger partial charge >= 0.3 is 0 Å². The molecule has 0 saturated heterocycles. The van der Waals surface area contributed by atoms with Crippen LogP contribution in [-0.2, 0) is 0 Å². The van der Waals surface area contributed by atoms with Gasteiger partial charge in [0.1, 0.15) is 0 Å². The van der Waals surface area contributed by atoms with E-state index in [0.717, 1.165) is 40.1 Å². The molecule has 1 aliphatic rings. The van der Waals surface area contributed by atoms with E-state index in [1.807, 2.05) is 12.3 Å². The third kappa shape index (κ3) is 5.71. The molecule has 2 heteroatoms. The Hall–Kier alpha value is -6.38. The number of pyridine rings is 1. The van der Waals surface area contributed by atoms with Crippen molar-refractivity contribution in [1.82, 2.24) is 4.98 Å². The molecule has 0 fully saturated rings. The monoisotopic (exact) mass is 638 g/mol. The predicted molar refractivity (Wildman–Crippen MR) is 210 cm³/mol.